The minimum Gasteiger partial charge on any atom is -0.480 e. The van der Waals surface area contributed by atoms with E-state index in [1.807, 2.05) is 6.26 Å². The van der Waals surface area contributed by atoms with E-state index >= 15 is 0 Å². The minimum absolute atomic E-state index is 0.243. The van der Waals surface area contributed by atoms with E-state index in [2.05, 4.69) is 5.32 Å². The van der Waals surface area contributed by atoms with Gasteiger partial charge in [0.25, 0.3) is 0 Å². The molecular formula is C10H20N2O3S. The average Bonchev–Trinajstić information content (AvgIpc) is 2.25. The maximum atomic E-state index is 11.5. The monoisotopic (exact) mass is 248 g/mol. The van der Waals surface area contributed by atoms with Crippen LogP contribution < -0.4 is 5.32 Å². The smallest absolute Gasteiger partial charge is 0.323 e. The Balaban J connectivity index is 3.71. The molecule has 0 aliphatic heterocycles. The normalized spacial score (nSPS) is 9.88. The van der Waals surface area contributed by atoms with E-state index in [9.17, 15) is 9.59 Å². The summed E-state index contributed by atoms with van der Waals surface area (Å²) in [5, 5.41) is 11.3. The summed E-state index contributed by atoms with van der Waals surface area (Å²) in [6.07, 6.45) is 4.04. The summed E-state index contributed by atoms with van der Waals surface area (Å²) in [7, 11) is 0. The SMILES string of the molecule is CCN(CC(=O)O)C(=O)NCCCCSC. The van der Waals surface area contributed by atoms with Crippen LogP contribution in [0, 0.1) is 0 Å². The molecule has 0 aliphatic carbocycles. The van der Waals surface area contributed by atoms with E-state index in [1.54, 1.807) is 18.7 Å². The molecule has 0 aromatic rings. The molecular weight excluding hydrogens is 228 g/mol. The van der Waals surface area contributed by atoms with Crippen molar-refractivity contribution in [2.24, 2.45) is 0 Å². The molecule has 0 aromatic carbocycles. The summed E-state index contributed by atoms with van der Waals surface area (Å²) in [5.41, 5.74) is 0. The van der Waals surface area contributed by atoms with Crippen LogP contribution in [0.15, 0.2) is 0 Å². The third-order valence-corrected chi connectivity index (χ3v) is 2.74. The number of aliphatic carboxylic acids is 1. The van der Waals surface area contributed by atoms with Crippen LogP contribution in [0.3, 0.4) is 0 Å². The highest BCUT2D eigenvalue weighted by Crippen LogP contribution is 1.98. The molecule has 6 heteroatoms. The molecule has 0 unspecified atom stereocenters. The Morgan fingerprint density at radius 3 is 2.56 bits per heavy atom. The number of nitrogens with one attached hydrogen (secondary N) is 1. The summed E-state index contributed by atoms with van der Waals surface area (Å²) < 4.78 is 0. The highest BCUT2D eigenvalue weighted by atomic mass is 32.2. The van der Waals surface area contributed by atoms with Crippen LogP contribution in [0.2, 0.25) is 0 Å². The topological polar surface area (TPSA) is 69.6 Å². The van der Waals surface area contributed by atoms with Gasteiger partial charge in [0.1, 0.15) is 6.54 Å². The van der Waals surface area contributed by atoms with E-state index in [0.29, 0.717) is 13.1 Å². The fourth-order valence-electron chi connectivity index (χ4n) is 1.17. The number of carbonyl (C=O) groups excluding carboxylic acids is 1. The Morgan fingerprint density at radius 1 is 1.38 bits per heavy atom. The number of likely N-dealkylation sites (N-methyl/N-ethyl adjacent to an activating group) is 1. The summed E-state index contributed by atoms with van der Waals surface area (Å²) in [5.74, 6) is 0.0991. The highest BCUT2D eigenvalue weighted by Gasteiger charge is 2.13. The molecule has 0 fully saturated rings. The van der Waals surface area contributed by atoms with Crippen molar-refractivity contribution in [3.63, 3.8) is 0 Å². The number of urea groups is 1. The molecule has 16 heavy (non-hydrogen) atoms. The second kappa shape index (κ2) is 9.33. The lowest BCUT2D eigenvalue weighted by atomic mass is 10.3. The van der Waals surface area contributed by atoms with Crippen molar-refractivity contribution in [1.82, 2.24) is 10.2 Å². The van der Waals surface area contributed by atoms with Crippen molar-refractivity contribution in [3.8, 4) is 0 Å². The zero-order valence-corrected chi connectivity index (χ0v) is 10.7. The lowest BCUT2D eigenvalue weighted by Gasteiger charge is -2.18. The van der Waals surface area contributed by atoms with Crippen LogP contribution in [-0.2, 0) is 4.79 Å². The Hall–Kier alpha value is -0.910. The van der Waals surface area contributed by atoms with Crippen LogP contribution >= 0.6 is 11.8 Å². The van der Waals surface area contributed by atoms with E-state index in [4.69, 9.17) is 5.11 Å². The van der Waals surface area contributed by atoms with Crippen molar-refractivity contribution < 1.29 is 14.7 Å². The number of thioether (sulfide) groups is 1. The molecule has 0 spiro atoms. The summed E-state index contributed by atoms with van der Waals surface area (Å²) >= 11 is 1.78. The third kappa shape index (κ3) is 7.39. The number of unbranched alkanes of at least 4 members (excludes halogenated alkanes) is 1. The van der Waals surface area contributed by atoms with Gasteiger partial charge in [-0.3, -0.25) is 4.79 Å². The minimum atomic E-state index is -0.987. The second-order valence-corrected chi connectivity index (χ2v) is 4.33. The van der Waals surface area contributed by atoms with Gasteiger partial charge in [-0.2, -0.15) is 11.8 Å². The van der Waals surface area contributed by atoms with Crippen LogP contribution in [-0.4, -0.2) is 53.6 Å². The molecule has 0 saturated heterocycles. The van der Waals surface area contributed by atoms with Gasteiger partial charge in [-0.05, 0) is 31.8 Å². The molecule has 0 aromatic heterocycles. The van der Waals surface area contributed by atoms with Gasteiger partial charge in [0.15, 0.2) is 0 Å². The Kier molecular flexibility index (Phi) is 8.80. The largest absolute Gasteiger partial charge is 0.480 e. The lowest BCUT2D eigenvalue weighted by Crippen LogP contribution is -2.42. The number of carbonyl (C=O) groups is 2. The molecule has 0 bridgehead atoms. The zero-order valence-electron chi connectivity index (χ0n) is 9.86. The summed E-state index contributed by atoms with van der Waals surface area (Å²) in [6, 6.07) is -0.297. The van der Waals surface area contributed by atoms with E-state index in [-0.39, 0.29) is 12.6 Å². The third-order valence-electron chi connectivity index (χ3n) is 2.05. The van der Waals surface area contributed by atoms with Gasteiger partial charge in [-0.15, -0.1) is 0 Å². The molecule has 0 saturated carbocycles. The van der Waals surface area contributed by atoms with Gasteiger partial charge in [0.05, 0.1) is 0 Å². The van der Waals surface area contributed by atoms with Crippen molar-refractivity contribution in [3.05, 3.63) is 0 Å². The first kappa shape index (κ1) is 15.1. The quantitative estimate of drug-likeness (QED) is 0.634. The predicted octanol–water partition coefficient (Wildman–Crippen LogP) is 1.25. The number of hydrogen-bond donors (Lipinski definition) is 2. The van der Waals surface area contributed by atoms with Crippen LogP contribution in [0.1, 0.15) is 19.8 Å². The Labute approximate surface area is 101 Å². The molecule has 0 heterocycles. The van der Waals surface area contributed by atoms with E-state index in [0.717, 1.165) is 18.6 Å². The number of nitrogens with zero attached hydrogens (tertiary/aromatic N) is 1. The average molecular weight is 248 g/mol. The molecule has 5 nitrogen and oxygen atoms in total. The molecule has 94 valence electrons. The summed E-state index contributed by atoms with van der Waals surface area (Å²) in [4.78, 5) is 23.2. The number of carboxylic acid groups (broad SMARTS) is 1. The van der Waals surface area contributed by atoms with Gasteiger partial charge in [-0.1, -0.05) is 0 Å². The van der Waals surface area contributed by atoms with Crippen LogP contribution in [0.25, 0.3) is 0 Å². The Morgan fingerprint density at radius 2 is 2.06 bits per heavy atom. The standard InChI is InChI=1S/C10H20N2O3S/c1-3-12(8-9(13)14)10(15)11-6-4-5-7-16-2/h3-8H2,1-2H3,(H,11,15)(H,13,14). The molecule has 0 atom stereocenters. The summed E-state index contributed by atoms with van der Waals surface area (Å²) in [6.45, 7) is 2.53. The first-order valence-electron chi connectivity index (χ1n) is 5.35. The lowest BCUT2D eigenvalue weighted by molar-refractivity contribution is -0.137. The molecule has 0 rings (SSSR count). The molecule has 0 aliphatic rings. The zero-order chi connectivity index (χ0) is 12.4. The van der Waals surface area contributed by atoms with Gasteiger partial charge in [0, 0.05) is 13.1 Å². The predicted molar refractivity (Wildman–Crippen MR) is 65.9 cm³/mol. The second-order valence-electron chi connectivity index (χ2n) is 3.34. The van der Waals surface area contributed by atoms with Gasteiger partial charge in [0.2, 0.25) is 0 Å². The van der Waals surface area contributed by atoms with Crippen molar-refractivity contribution in [1.29, 1.82) is 0 Å². The number of carboxylic acids is 1. The molecule has 2 amide bonds. The van der Waals surface area contributed by atoms with E-state index in [1.165, 1.54) is 4.90 Å². The van der Waals surface area contributed by atoms with E-state index < -0.39 is 5.97 Å². The van der Waals surface area contributed by atoms with Crippen LogP contribution in [0.5, 0.6) is 0 Å². The van der Waals surface area contributed by atoms with Gasteiger partial charge < -0.3 is 15.3 Å². The highest BCUT2D eigenvalue weighted by molar-refractivity contribution is 7.98. The van der Waals surface area contributed by atoms with Crippen molar-refractivity contribution in [2.75, 3.05) is 31.6 Å². The molecule has 2 N–H and O–H groups in total. The fourth-order valence-corrected chi connectivity index (χ4v) is 1.66. The van der Waals surface area contributed by atoms with Crippen LogP contribution in [0.4, 0.5) is 4.79 Å². The van der Waals surface area contributed by atoms with Crippen molar-refractivity contribution in [2.45, 2.75) is 19.8 Å². The number of rotatable bonds is 8. The maximum Gasteiger partial charge on any atom is 0.323 e. The number of hydrogen-bond acceptors (Lipinski definition) is 3. The van der Waals surface area contributed by atoms with Crippen molar-refractivity contribution >= 4 is 23.8 Å². The fraction of sp³-hybridized carbons (Fsp3) is 0.800. The maximum absolute atomic E-state index is 11.5. The van der Waals surface area contributed by atoms with Gasteiger partial charge in [-0.25, -0.2) is 4.79 Å². The van der Waals surface area contributed by atoms with Gasteiger partial charge >= 0.3 is 12.0 Å². The first-order valence-corrected chi connectivity index (χ1v) is 6.74. The molecule has 0 radical (unpaired) electrons. The Bertz CT molecular complexity index is 224. The first-order chi connectivity index (χ1) is 7.61. The number of amides is 2.